The van der Waals surface area contributed by atoms with Crippen LogP contribution in [0.25, 0.3) is 33.7 Å². The van der Waals surface area contributed by atoms with Crippen molar-refractivity contribution in [3.05, 3.63) is 139 Å². The van der Waals surface area contributed by atoms with E-state index < -0.39 is 0 Å². The van der Waals surface area contributed by atoms with E-state index in [1.54, 1.807) is 30.3 Å². The molecular weight excluding hydrogens is 605 g/mol. The Morgan fingerprint density at radius 1 is 0.592 bits per heavy atom. The summed E-state index contributed by atoms with van der Waals surface area (Å²) in [6.45, 7) is 11.9. The molecule has 0 bridgehead atoms. The summed E-state index contributed by atoms with van der Waals surface area (Å²) in [4.78, 5) is 0. The van der Waals surface area contributed by atoms with Gasteiger partial charge in [0.15, 0.2) is 0 Å². The number of nitrogens with one attached hydrogen (secondary N) is 1. The van der Waals surface area contributed by atoms with Crippen molar-refractivity contribution in [2.75, 3.05) is 39.7 Å². The van der Waals surface area contributed by atoms with E-state index in [0.29, 0.717) is 17.3 Å². The molecule has 250 valence electrons. The van der Waals surface area contributed by atoms with Gasteiger partial charge in [-0.1, -0.05) is 80.8 Å². The summed E-state index contributed by atoms with van der Waals surface area (Å²) in [7, 11) is 0. The van der Waals surface area contributed by atoms with Crippen LogP contribution >= 0.6 is 0 Å². The maximum absolute atomic E-state index is 8.34. The first kappa shape index (κ1) is 36.9. The Balaban J connectivity index is 0.000000180. The Morgan fingerprint density at radius 3 is 1.33 bits per heavy atom. The number of hydrogen-bond donors (Lipinski definition) is 7. The highest BCUT2D eigenvalue weighted by molar-refractivity contribution is 6.01. The van der Waals surface area contributed by atoms with Crippen molar-refractivity contribution >= 4 is 73.5 Å². The quantitative estimate of drug-likeness (QED) is 0.0899. The van der Waals surface area contributed by atoms with E-state index >= 15 is 0 Å². The Kier molecular flexibility index (Phi) is 13.5. The van der Waals surface area contributed by atoms with Gasteiger partial charge in [-0.05, 0) is 74.0 Å². The van der Waals surface area contributed by atoms with Crippen molar-refractivity contribution in [3.8, 4) is 6.07 Å². The molecule has 0 saturated carbocycles. The Morgan fingerprint density at radius 2 is 0.980 bits per heavy atom. The molecule has 8 heteroatoms. The van der Waals surface area contributed by atoms with E-state index in [0.717, 1.165) is 73.2 Å². The summed E-state index contributed by atoms with van der Waals surface area (Å²) in [6, 6.07) is 36.2. The van der Waals surface area contributed by atoms with Gasteiger partial charge < -0.3 is 39.7 Å². The molecule has 0 aliphatic heterocycles. The molecule has 1 unspecified atom stereocenters. The maximum Gasteiger partial charge on any atom is 0.0991 e. The van der Waals surface area contributed by atoms with Crippen molar-refractivity contribution in [2.45, 2.75) is 26.3 Å². The number of nitriles is 1. The molecule has 0 saturated heterocycles. The van der Waals surface area contributed by atoms with Crippen molar-refractivity contribution in [1.82, 2.24) is 0 Å². The van der Waals surface area contributed by atoms with Crippen LogP contribution < -0.4 is 39.7 Å². The third-order valence-corrected chi connectivity index (χ3v) is 7.77. The molecule has 0 aromatic heterocycles. The van der Waals surface area contributed by atoms with Crippen LogP contribution in [-0.4, -0.2) is 6.04 Å². The highest BCUT2D eigenvalue weighted by Gasteiger charge is 2.08. The largest absolute Gasteiger partial charge is 0.399 e. The fourth-order valence-corrected chi connectivity index (χ4v) is 4.84. The summed E-state index contributed by atoms with van der Waals surface area (Å²) in [6.07, 6.45) is 4.66. The van der Waals surface area contributed by atoms with E-state index in [2.05, 4.69) is 32.3 Å². The Labute approximate surface area is 289 Å². The molecule has 0 aliphatic carbocycles. The molecule has 0 fully saturated rings. The molecule has 6 rings (SSSR count). The topological polar surface area (TPSA) is 192 Å². The number of nitrogens with two attached hydrogens (primary N) is 6. The van der Waals surface area contributed by atoms with Gasteiger partial charge in [0, 0.05) is 78.5 Å². The van der Waals surface area contributed by atoms with E-state index in [1.807, 2.05) is 97.1 Å². The summed E-state index contributed by atoms with van der Waals surface area (Å²) >= 11 is 0. The van der Waals surface area contributed by atoms with Gasteiger partial charge >= 0.3 is 0 Å². The number of nitrogen functional groups attached to an aromatic ring is 6. The lowest BCUT2D eigenvalue weighted by Crippen LogP contribution is -2.14. The van der Waals surface area contributed by atoms with Gasteiger partial charge in [-0.2, -0.15) is 5.26 Å². The number of benzene rings is 6. The van der Waals surface area contributed by atoms with Crippen LogP contribution in [0.5, 0.6) is 0 Å². The van der Waals surface area contributed by atoms with Gasteiger partial charge in [-0.25, -0.2) is 0 Å². The molecule has 6 aromatic rings. The van der Waals surface area contributed by atoms with Crippen LogP contribution in [0.4, 0.5) is 39.8 Å². The zero-order chi connectivity index (χ0) is 35.9. The molecular formula is C41H46N8. The van der Waals surface area contributed by atoms with Gasteiger partial charge in [0.25, 0.3) is 0 Å². The molecule has 49 heavy (non-hydrogen) atoms. The first-order valence-electron chi connectivity index (χ1n) is 15.8. The third-order valence-electron chi connectivity index (χ3n) is 7.77. The van der Waals surface area contributed by atoms with Crippen LogP contribution in [0.1, 0.15) is 37.0 Å². The number of anilines is 7. The second-order valence-electron chi connectivity index (χ2n) is 11.2. The second-order valence-corrected chi connectivity index (χ2v) is 11.2. The highest BCUT2D eigenvalue weighted by Crippen LogP contribution is 2.29. The lowest BCUT2D eigenvalue weighted by Gasteiger charge is -2.17. The minimum atomic E-state index is 0.431. The Hall–Kier alpha value is -6.59. The molecule has 0 heterocycles. The zero-order valence-electron chi connectivity index (χ0n) is 28.2. The van der Waals surface area contributed by atoms with Crippen LogP contribution in [0.2, 0.25) is 0 Å². The van der Waals surface area contributed by atoms with Crippen LogP contribution in [0, 0.1) is 11.3 Å². The number of nitrogens with zero attached hydrogens (tertiary/aromatic N) is 1. The predicted octanol–water partition coefficient (Wildman–Crippen LogP) is 8.91. The van der Waals surface area contributed by atoms with E-state index in [-0.39, 0.29) is 0 Å². The van der Waals surface area contributed by atoms with Gasteiger partial charge in [0.05, 0.1) is 11.6 Å². The van der Waals surface area contributed by atoms with Crippen molar-refractivity contribution < 1.29 is 0 Å². The number of fused-ring (bicyclic) bond motifs is 2. The molecule has 0 amide bonds. The molecule has 0 spiro atoms. The number of hydrogen-bond acceptors (Lipinski definition) is 8. The smallest absolute Gasteiger partial charge is 0.0991 e. The standard InChI is InChI=1S/C14H20N2.2C10H10N2.C7H6N2/c1-5-10(4)16-14-9-8-13(15)11(6-2)12(14)7-3;2*11-9-5-6-10(12)8-4-2-1-3-7(8)9;8-5-6-1-3-7(9)4-2-6/h6-10,16H,2-3,5,15H2,1,4H3;2*1-6H,11-12H2;1-4H,9H2. The van der Waals surface area contributed by atoms with Gasteiger partial charge in [-0.15, -0.1) is 0 Å². The molecule has 0 radical (unpaired) electrons. The minimum Gasteiger partial charge on any atom is -0.399 e. The zero-order valence-corrected chi connectivity index (χ0v) is 28.2. The van der Waals surface area contributed by atoms with Crippen molar-refractivity contribution in [2.24, 2.45) is 0 Å². The lowest BCUT2D eigenvalue weighted by molar-refractivity contribution is 0.764. The van der Waals surface area contributed by atoms with Gasteiger partial charge in [0.1, 0.15) is 0 Å². The van der Waals surface area contributed by atoms with Crippen molar-refractivity contribution in [1.29, 1.82) is 5.26 Å². The second kappa shape index (κ2) is 17.9. The molecule has 8 nitrogen and oxygen atoms in total. The first-order chi connectivity index (χ1) is 23.5. The van der Waals surface area contributed by atoms with Crippen molar-refractivity contribution in [3.63, 3.8) is 0 Å². The van der Waals surface area contributed by atoms with Crippen LogP contribution in [0.15, 0.2) is 122 Å². The average Bonchev–Trinajstić information content (AvgIpc) is 3.13. The molecule has 1 atom stereocenters. The monoisotopic (exact) mass is 650 g/mol. The minimum absolute atomic E-state index is 0.431. The summed E-state index contributed by atoms with van der Waals surface area (Å²) in [5.74, 6) is 0. The molecule has 6 aromatic carbocycles. The highest BCUT2D eigenvalue weighted by atomic mass is 14.9. The molecule has 13 N–H and O–H groups in total. The third kappa shape index (κ3) is 9.95. The molecule has 0 aliphatic rings. The summed E-state index contributed by atoms with van der Waals surface area (Å²) in [5, 5.41) is 15.9. The summed E-state index contributed by atoms with van der Waals surface area (Å²) < 4.78 is 0. The Bertz CT molecular complexity index is 1900. The van der Waals surface area contributed by atoms with Crippen LogP contribution in [0.3, 0.4) is 0 Å². The van der Waals surface area contributed by atoms with Gasteiger partial charge in [0.2, 0.25) is 0 Å². The fourth-order valence-electron chi connectivity index (χ4n) is 4.84. The van der Waals surface area contributed by atoms with Gasteiger partial charge in [-0.3, -0.25) is 0 Å². The van der Waals surface area contributed by atoms with Crippen LogP contribution in [-0.2, 0) is 0 Å². The normalized spacial score (nSPS) is 10.5. The lowest BCUT2D eigenvalue weighted by atomic mass is 10.0. The van der Waals surface area contributed by atoms with E-state index in [4.69, 9.17) is 39.7 Å². The predicted molar refractivity (Wildman–Crippen MR) is 216 cm³/mol. The van der Waals surface area contributed by atoms with E-state index in [1.165, 1.54) is 0 Å². The van der Waals surface area contributed by atoms with E-state index in [9.17, 15) is 0 Å². The summed E-state index contributed by atoms with van der Waals surface area (Å²) in [5.41, 5.74) is 42.6. The fraction of sp³-hybridized carbons (Fsp3) is 0.0976. The first-order valence-corrected chi connectivity index (χ1v) is 15.8. The SMILES string of the molecule is C=Cc1c(N)ccc(NC(C)CC)c1C=C.N#Cc1ccc(N)cc1.Nc1ccc(N)c2ccccc12.Nc1ccc(N)c2ccccc12. The maximum atomic E-state index is 8.34. The average molecular weight is 651 g/mol. The number of rotatable bonds is 5.